The van der Waals surface area contributed by atoms with Crippen molar-refractivity contribution in [3.05, 3.63) is 43.1 Å². The third kappa shape index (κ3) is 13.6. The van der Waals surface area contributed by atoms with Crippen molar-refractivity contribution in [2.24, 2.45) is 0 Å². The van der Waals surface area contributed by atoms with Crippen molar-refractivity contribution >= 4 is 54.5 Å². The average molecular weight is 739 g/mol. The Kier molecular flexibility index (Phi) is 18.8. The van der Waals surface area contributed by atoms with Gasteiger partial charge in [-0.1, -0.05) is 129 Å². The van der Waals surface area contributed by atoms with Crippen LogP contribution in [0, 0.1) is 0 Å². The van der Waals surface area contributed by atoms with Crippen molar-refractivity contribution < 1.29 is 0 Å². The lowest BCUT2D eigenvalue weighted by molar-refractivity contribution is 0.556. The number of nitrogens with zero attached hydrogens (tertiary/aromatic N) is 2. The van der Waals surface area contributed by atoms with Crippen LogP contribution in [0.15, 0.2) is 32.0 Å². The van der Waals surface area contributed by atoms with Crippen molar-refractivity contribution in [3.8, 4) is 21.0 Å². The highest BCUT2D eigenvalue weighted by atomic mass is 79.9. The maximum Gasteiger partial charge on any atom is 0.104 e. The quantitative estimate of drug-likeness (QED) is 0.0855. The van der Waals surface area contributed by atoms with Gasteiger partial charge in [0.25, 0.3) is 0 Å². The maximum atomic E-state index is 4.60. The van der Waals surface area contributed by atoms with Gasteiger partial charge in [0, 0.05) is 10.4 Å². The molecule has 0 radical (unpaired) electrons. The molecule has 3 rings (SSSR count). The van der Waals surface area contributed by atoms with E-state index in [2.05, 4.69) is 74.1 Å². The SMILES string of the molecule is CCCCCCCCCCCCc1cc(Br)sc1-c1cnnc(-c2sc(Br)cc2CCCCCCCCCCCC)c1. The van der Waals surface area contributed by atoms with Gasteiger partial charge < -0.3 is 0 Å². The second-order valence-corrected chi connectivity index (χ2v) is 16.9. The van der Waals surface area contributed by atoms with Crippen LogP contribution in [-0.4, -0.2) is 10.2 Å². The fourth-order valence-electron chi connectivity index (χ4n) is 5.83. The van der Waals surface area contributed by atoms with E-state index in [1.807, 2.05) is 17.5 Å². The van der Waals surface area contributed by atoms with Crippen LogP contribution < -0.4 is 0 Å². The van der Waals surface area contributed by atoms with Crippen LogP contribution in [0.4, 0.5) is 0 Å². The molecular formula is C36H54Br2N2S2. The molecule has 0 spiro atoms. The van der Waals surface area contributed by atoms with E-state index in [0.717, 1.165) is 18.5 Å². The molecule has 0 aliphatic heterocycles. The average Bonchev–Trinajstić information content (AvgIpc) is 3.56. The first-order valence-corrected chi connectivity index (χ1v) is 20.2. The molecule has 234 valence electrons. The second kappa shape index (κ2) is 22.0. The molecule has 0 amide bonds. The Morgan fingerprint density at radius 3 is 1.40 bits per heavy atom. The molecule has 0 N–H and O–H groups in total. The molecule has 0 aliphatic rings. The monoisotopic (exact) mass is 736 g/mol. The molecule has 3 heterocycles. The number of hydrogen-bond acceptors (Lipinski definition) is 4. The smallest absolute Gasteiger partial charge is 0.104 e. The standard InChI is InChI=1S/C36H54Br2N2S2/c1-3-5-7-9-11-13-15-17-19-21-23-29-26-33(37)41-35(29)31-25-32(40-39-28-31)36-30(27-34(38)42-36)24-22-20-18-16-14-12-10-8-6-4-2/h25-28H,3-24H2,1-2H3. The number of unbranched alkanes of at least 4 members (excludes halogenated alkanes) is 18. The first kappa shape index (κ1) is 35.9. The number of aryl methyl sites for hydroxylation is 2. The van der Waals surface area contributed by atoms with Gasteiger partial charge in [0.2, 0.25) is 0 Å². The molecule has 0 bridgehead atoms. The van der Waals surface area contributed by atoms with Gasteiger partial charge in [0.1, 0.15) is 5.69 Å². The predicted octanol–water partition coefficient (Wildman–Crippen LogP) is 14.4. The third-order valence-electron chi connectivity index (χ3n) is 8.31. The summed E-state index contributed by atoms with van der Waals surface area (Å²) in [6.45, 7) is 4.58. The van der Waals surface area contributed by atoms with Crippen molar-refractivity contribution in [1.29, 1.82) is 0 Å². The normalized spacial score (nSPS) is 11.5. The van der Waals surface area contributed by atoms with E-state index in [9.17, 15) is 0 Å². The van der Waals surface area contributed by atoms with E-state index in [0.29, 0.717) is 0 Å². The Morgan fingerprint density at radius 2 is 0.929 bits per heavy atom. The summed E-state index contributed by atoms with van der Waals surface area (Å²) in [5, 5.41) is 9.09. The Labute approximate surface area is 282 Å². The van der Waals surface area contributed by atoms with Crippen molar-refractivity contribution in [1.82, 2.24) is 10.2 Å². The second-order valence-electron chi connectivity index (χ2n) is 12.0. The van der Waals surface area contributed by atoms with E-state index >= 15 is 0 Å². The fourth-order valence-corrected chi connectivity index (χ4v) is 9.16. The van der Waals surface area contributed by atoms with E-state index in [1.165, 1.54) is 162 Å². The Morgan fingerprint density at radius 1 is 0.524 bits per heavy atom. The van der Waals surface area contributed by atoms with Gasteiger partial charge in [0.15, 0.2) is 0 Å². The van der Waals surface area contributed by atoms with Crippen LogP contribution >= 0.6 is 54.5 Å². The number of hydrogen-bond donors (Lipinski definition) is 0. The molecule has 2 nitrogen and oxygen atoms in total. The first-order valence-electron chi connectivity index (χ1n) is 17.0. The predicted molar refractivity (Wildman–Crippen MR) is 195 cm³/mol. The molecule has 0 aliphatic carbocycles. The molecule has 3 aromatic rings. The molecule has 0 saturated carbocycles. The molecule has 0 atom stereocenters. The number of halogens is 2. The lowest BCUT2D eigenvalue weighted by Gasteiger charge is -2.07. The minimum absolute atomic E-state index is 1.01. The summed E-state index contributed by atoms with van der Waals surface area (Å²) in [5.74, 6) is 0. The van der Waals surface area contributed by atoms with E-state index in [1.54, 1.807) is 11.3 Å². The molecule has 3 aromatic heterocycles. The lowest BCUT2D eigenvalue weighted by atomic mass is 10.0. The summed E-state index contributed by atoms with van der Waals surface area (Å²) in [6, 6.07) is 6.90. The summed E-state index contributed by atoms with van der Waals surface area (Å²) < 4.78 is 2.39. The minimum Gasteiger partial charge on any atom is -0.158 e. The fraction of sp³-hybridized carbons (Fsp3) is 0.667. The summed E-state index contributed by atoms with van der Waals surface area (Å²) >= 11 is 11.2. The molecule has 0 saturated heterocycles. The first-order chi connectivity index (χ1) is 20.6. The van der Waals surface area contributed by atoms with Gasteiger partial charge >= 0.3 is 0 Å². The number of thiophene rings is 2. The van der Waals surface area contributed by atoms with E-state index < -0.39 is 0 Å². The van der Waals surface area contributed by atoms with Gasteiger partial charge in [-0.3, -0.25) is 0 Å². The van der Waals surface area contributed by atoms with Crippen LogP contribution in [0.2, 0.25) is 0 Å². The highest BCUT2D eigenvalue weighted by Crippen LogP contribution is 2.40. The molecule has 6 heteroatoms. The summed E-state index contributed by atoms with van der Waals surface area (Å²) in [4.78, 5) is 2.62. The van der Waals surface area contributed by atoms with Gasteiger partial charge in [-0.15, -0.1) is 27.8 Å². The van der Waals surface area contributed by atoms with Gasteiger partial charge in [-0.05, 0) is 86.9 Å². The lowest BCUT2D eigenvalue weighted by Crippen LogP contribution is -1.93. The highest BCUT2D eigenvalue weighted by Gasteiger charge is 2.16. The summed E-state index contributed by atoms with van der Waals surface area (Å²) in [5.41, 5.74) is 5.08. The van der Waals surface area contributed by atoms with Crippen LogP contribution in [0.25, 0.3) is 21.0 Å². The largest absolute Gasteiger partial charge is 0.158 e. The van der Waals surface area contributed by atoms with Crippen molar-refractivity contribution in [2.45, 2.75) is 155 Å². The number of aromatic nitrogens is 2. The maximum absolute atomic E-state index is 4.60. The van der Waals surface area contributed by atoms with Gasteiger partial charge in [0.05, 0.1) is 18.6 Å². The topological polar surface area (TPSA) is 25.8 Å². The Hall–Kier alpha value is -0.560. The third-order valence-corrected chi connectivity index (χ3v) is 11.7. The minimum atomic E-state index is 1.01. The van der Waals surface area contributed by atoms with E-state index in [4.69, 9.17) is 0 Å². The summed E-state index contributed by atoms with van der Waals surface area (Å²) in [7, 11) is 0. The molecular weight excluding hydrogens is 684 g/mol. The Bertz CT molecular complexity index is 1040. The zero-order chi connectivity index (χ0) is 29.8. The highest BCUT2D eigenvalue weighted by molar-refractivity contribution is 9.11. The van der Waals surface area contributed by atoms with Gasteiger partial charge in [-0.25, -0.2) is 0 Å². The molecule has 0 fully saturated rings. The van der Waals surface area contributed by atoms with Crippen LogP contribution in [0.1, 0.15) is 153 Å². The zero-order valence-corrected chi connectivity index (χ0v) is 31.1. The van der Waals surface area contributed by atoms with Gasteiger partial charge in [-0.2, -0.15) is 5.10 Å². The van der Waals surface area contributed by atoms with Crippen molar-refractivity contribution in [3.63, 3.8) is 0 Å². The molecule has 0 unspecified atom stereocenters. The number of rotatable bonds is 24. The Balaban J connectivity index is 1.48. The summed E-state index contributed by atoms with van der Waals surface area (Å²) in [6.07, 6.45) is 31.7. The van der Waals surface area contributed by atoms with Crippen LogP contribution in [-0.2, 0) is 12.8 Å². The zero-order valence-electron chi connectivity index (χ0n) is 26.3. The molecule has 42 heavy (non-hydrogen) atoms. The van der Waals surface area contributed by atoms with Crippen LogP contribution in [0.5, 0.6) is 0 Å². The van der Waals surface area contributed by atoms with E-state index in [-0.39, 0.29) is 0 Å². The van der Waals surface area contributed by atoms with Crippen LogP contribution in [0.3, 0.4) is 0 Å². The molecule has 0 aromatic carbocycles. The van der Waals surface area contributed by atoms with Crippen molar-refractivity contribution in [2.75, 3.05) is 0 Å².